The van der Waals surface area contributed by atoms with Crippen molar-refractivity contribution in [1.29, 1.82) is 0 Å². The van der Waals surface area contributed by atoms with Crippen LogP contribution in [0.15, 0.2) is 54.1 Å². The number of rotatable bonds is 3. The van der Waals surface area contributed by atoms with Crippen LogP contribution in [0.4, 0.5) is 5.13 Å². The molecule has 1 aliphatic rings. The topological polar surface area (TPSA) is 83.4 Å². The van der Waals surface area contributed by atoms with Gasteiger partial charge in [-0.25, -0.2) is 0 Å². The number of aliphatic hydroxyl groups is 1. The second kappa shape index (κ2) is 7.59. The first kappa shape index (κ1) is 19.6. The molecule has 1 fully saturated rings. The van der Waals surface area contributed by atoms with Gasteiger partial charge in [0, 0.05) is 15.6 Å². The molecule has 3 aromatic rings. The highest BCUT2D eigenvalue weighted by atomic mass is 35.5. The van der Waals surface area contributed by atoms with Gasteiger partial charge in [-0.3, -0.25) is 14.5 Å². The maximum Gasteiger partial charge on any atom is 0.301 e. The highest BCUT2D eigenvalue weighted by Gasteiger charge is 2.48. The van der Waals surface area contributed by atoms with E-state index >= 15 is 0 Å². The van der Waals surface area contributed by atoms with Gasteiger partial charge in [0.15, 0.2) is 0 Å². The van der Waals surface area contributed by atoms with Crippen molar-refractivity contribution >= 4 is 57.1 Å². The van der Waals surface area contributed by atoms with E-state index in [0.29, 0.717) is 26.2 Å². The first-order chi connectivity index (χ1) is 13.9. The molecule has 1 amide bonds. The zero-order valence-corrected chi connectivity index (χ0v) is 17.3. The first-order valence-electron chi connectivity index (χ1n) is 8.49. The minimum atomic E-state index is -0.865. The van der Waals surface area contributed by atoms with E-state index in [1.54, 1.807) is 55.5 Å². The molecule has 2 aromatic carbocycles. The van der Waals surface area contributed by atoms with Crippen LogP contribution in [-0.2, 0) is 9.59 Å². The molecule has 9 heteroatoms. The Balaban J connectivity index is 1.93. The number of aliphatic hydroxyl groups excluding tert-OH is 1. The van der Waals surface area contributed by atoms with Crippen molar-refractivity contribution in [2.45, 2.75) is 13.0 Å². The largest absolute Gasteiger partial charge is 0.507 e. The number of Topliss-reactive ketones (excluding diaryl/α,β-unsaturated/α-hetero) is 1. The Bertz CT molecular complexity index is 1140. The van der Waals surface area contributed by atoms with Crippen molar-refractivity contribution in [2.75, 3.05) is 4.90 Å². The van der Waals surface area contributed by atoms with Gasteiger partial charge in [-0.05, 0) is 48.9 Å². The summed E-state index contributed by atoms with van der Waals surface area (Å²) in [5.41, 5.74) is 0.948. The van der Waals surface area contributed by atoms with Crippen LogP contribution in [0.3, 0.4) is 0 Å². The molecule has 146 valence electrons. The molecule has 0 unspecified atom stereocenters. The van der Waals surface area contributed by atoms with Crippen LogP contribution in [-0.4, -0.2) is 27.0 Å². The average molecular weight is 446 g/mol. The number of nitrogens with zero attached hydrogens (tertiary/aromatic N) is 3. The highest BCUT2D eigenvalue weighted by Crippen LogP contribution is 2.43. The molecular formula is C20H13Cl2N3O3S. The molecule has 1 aliphatic heterocycles. The Hall–Kier alpha value is -2.74. The maximum absolute atomic E-state index is 12.9. The molecule has 29 heavy (non-hydrogen) atoms. The summed E-state index contributed by atoms with van der Waals surface area (Å²) in [4.78, 5) is 27.1. The number of hydrogen-bond acceptors (Lipinski definition) is 6. The molecule has 1 aromatic heterocycles. The lowest BCUT2D eigenvalue weighted by Crippen LogP contribution is -2.29. The zero-order valence-electron chi connectivity index (χ0n) is 15.0. The van der Waals surface area contributed by atoms with Crippen LogP contribution in [0.2, 0.25) is 10.0 Å². The number of benzene rings is 2. The van der Waals surface area contributed by atoms with Gasteiger partial charge >= 0.3 is 5.91 Å². The van der Waals surface area contributed by atoms with Crippen LogP contribution >= 0.6 is 34.5 Å². The molecule has 4 rings (SSSR count). The Morgan fingerprint density at radius 3 is 2.14 bits per heavy atom. The number of ketones is 1. The molecule has 0 spiro atoms. The van der Waals surface area contributed by atoms with E-state index in [-0.39, 0.29) is 16.5 Å². The minimum Gasteiger partial charge on any atom is -0.507 e. The van der Waals surface area contributed by atoms with E-state index in [1.807, 2.05) is 0 Å². The van der Waals surface area contributed by atoms with Crippen LogP contribution in [0.5, 0.6) is 0 Å². The van der Waals surface area contributed by atoms with Crippen molar-refractivity contribution in [3.63, 3.8) is 0 Å². The van der Waals surface area contributed by atoms with Crippen molar-refractivity contribution in [3.8, 4) is 0 Å². The molecule has 1 atom stereocenters. The summed E-state index contributed by atoms with van der Waals surface area (Å²) < 4.78 is 0. The van der Waals surface area contributed by atoms with E-state index in [4.69, 9.17) is 23.2 Å². The second-order valence-electron chi connectivity index (χ2n) is 6.33. The Morgan fingerprint density at radius 2 is 1.59 bits per heavy atom. The van der Waals surface area contributed by atoms with Crippen molar-refractivity contribution in [2.24, 2.45) is 0 Å². The fourth-order valence-corrected chi connectivity index (χ4v) is 4.10. The Labute approximate surface area is 180 Å². The lowest BCUT2D eigenvalue weighted by atomic mass is 9.95. The number of aromatic nitrogens is 2. The van der Waals surface area contributed by atoms with Gasteiger partial charge in [0.1, 0.15) is 10.8 Å². The maximum atomic E-state index is 12.9. The average Bonchev–Trinajstić information content (AvgIpc) is 3.24. The molecule has 0 bridgehead atoms. The quantitative estimate of drug-likeness (QED) is 0.356. The van der Waals surface area contributed by atoms with Gasteiger partial charge in [-0.1, -0.05) is 46.7 Å². The van der Waals surface area contributed by atoms with E-state index in [0.717, 1.165) is 0 Å². The number of hydrogen-bond donors (Lipinski definition) is 1. The van der Waals surface area contributed by atoms with Crippen LogP contribution < -0.4 is 4.90 Å². The summed E-state index contributed by atoms with van der Waals surface area (Å²) in [5.74, 6) is -1.87. The smallest absolute Gasteiger partial charge is 0.301 e. The predicted octanol–water partition coefficient (Wildman–Crippen LogP) is 4.78. The molecule has 0 saturated carbocycles. The SMILES string of the molecule is Cc1nnc(N2C(=O)C(=O)/C(=C(/O)c3ccc(Cl)cc3)[C@H]2c2ccc(Cl)cc2)s1. The van der Waals surface area contributed by atoms with Gasteiger partial charge in [0.25, 0.3) is 5.78 Å². The van der Waals surface area contributed by atoms with Crippen LogP contribution in [0, 0.1) is 6.92 Å². The molecule has 1 saturated heterocycles. The van der Waals surface area contributed by atoms with E-state index in [9.17, 15) is 14.7 Å². The second-order valence-corrected chi connectivity index (χ2v) is 8.36. The molecule has 2 heterocycles. The van der Waals surface area contributed by atoms with E-state index in [1.165, 1.54) is 16.2 Å². The number of carbonyl (C=O) groups is 2. The standard InChI is InChI=1S/C20H13Cl2N3O3S/c1-10-23-24-20(29-10)25-16(11-2-6-13(21)7-3-11)15(18(27)19(25)28)17(26)12-4-8-14(22)9-5-12/h2-9,16,26H,1H3/b17-15+/t16-/m1/s1. The lowest BCUT2D eigenvalue weighted by Gasteiger charge is -2.22. The minimum absolute atomic E-state index is 0.0347. The number of aryl methyl sites for hydroxylation is 1. The summed E-state index contributed by atoms with van der Waals surface area (Å²) in [7, 11) is 0. The van der Waals surface area contributed by atoms with Crippen molar-refractivity contribution < 1.29 is 14.7 Å². The first-order valence-corrected chi connectivity index (χ1v) is 10.1. The Morgan fingerprint density at radius 1 is 1.00 bits per heavy atom. The predicted molar refractivity (Wildman–Crippen MR) is 112 cm³/mol. The third-order valence-corrected chi connectivity index (χ3v) is 5.81. The summed E-state index contributed by atoms with van der Waals surface area (Å²) in [6.07, 6.45) is 0. The third kappa shape index (κ3) is 3.53. The normalized spacial score (nSPS) is 18.4. The molecular weight excluding hydrogens is 433 g/mol. The third-order valence-electron chi connectivity index (χ3n) is 4.47. The fraction of sp³-hybridized carbons (Fsp3) is 0.100. The summed E-state index contributed by atoms with van der Waals surface area (Å²) in [5, 5.41) is 20.8. The lowest BCUT2D eigenvalue weighted by molar-refractivity contribution is -0.132. The summed E-state index contributed by atoms with van der Waals surface area (Å²) in [6, 6.07) is 12.2. The van der Waals surface area contributed by atoms with Crippen LogP contribution in [0.1, 0.15) is 22.2 Å². The molecule has 1 N–H and O–H groups in total. The zero-order chi connectivity index (χ0) is 20.7. The number of amides is 1. The van der Waals surface area contributed by atoms with Crippen LogP contribution in [0.25, 0.3) is 5.76 Å². The van der Waals surface area contributed by atoms with Crippen molar-refractivity contribution in [1.82, 2.24) is 10.2 Å². The van der Waals surface area contributed by atoms with E-state index < -0.39 is 17.7 Å². The Kier molecular flexibility index (Phi) is 5.12. The summed E-state index contributed by atoms with van der Waals surface area (Å²) in [6.45, 7) is 1.75. The van der Waals surface area contributed by atoms with Gasteiger partial charge in [0.05, 0.1) is 11.6 Å². The monoisotopic (exact) mass is 445 g/mol. The fourth-order valence-electron chi connectivity index (χ4n) is 3.14. The van der Waals surface area contributed by atoms with E-state index in [2.05, 4.69) is 10.2 Å². The van der Waals surface area contributed by atoms with Gasteiger partial charge < -0.3 is 5.11 Å². The molecule has 6 nitrogen and oxygen atoms in total. The van der Waals surface area contributed by atoms with Gasteiger partial charge in [-0.15, -0.1) is 10.2 Å². The van der Waals surface area contributed by atoms with Crippen molar-refractivity contribution in [3.05, 3.63) is 80.3 Å². The molecule has 0 aliphatic carbocycles. The molecule has 0 radical (unpaired) electrons. The van der Waals surface area contributed by atoms with Gasteiger partial charge in [-0.2, -0.15) is 0 Å². The number of halogens is 2. The summed E-state index contributed by atoms with van der Waals surface area (Å²) >= 11 is 13.1. The highest BCUT2D eigenvalue weighted by molar-refractivity contribution is 7.15. The number of carbonyl (C=O) groups excluding carboxylic acids is 2. The van der Waals surface area contributed by atoms with Gasteiger partial charge in [0.2, 0.25) is 5.13 Å². The number of anilines is 1.